The molecule has 0 aliphatic rings. The molecule has 0 bridgehead atoms. The average Bonchev–Trinajstić information content (AvgIpc) is 1.99. The van der Waals surface area contributed by atoms with Gasteiger partial charge in [-0.15, -0.1) is 0 Å². The van der Waals surface area contributed by atoms with Crippen molar-refractivity contribution in [3.05, 3.63) is 35.9 Å². The van der Waals surface area contributed by atoms with E-state index in [0.29, 0.717) is 0 Å². The van der Waals surface area contributed by atoms with Crippen LogP contribution in [0.25, 0.3) is 0 Å². The molecule has 4 nitrogen and oxygen atoms in total. The molecule has 17 heavy (non-hydrogen) atoms. The van der Waals surface area contributed by atoms with Crippen LogP contribution in [0.4, 0.5) is 0 Å². The van der Waals surface area contributed by atoms with Crippen LogP contribution < -0.4 is 0 Å². The zero-order valence-corrected chi connectivity index (χ0v) is 11.5. The number of rotatable bonds is 2. The summed E-state index contributed by atoms with van der Waals surface area (Å²) >= 11 is 0. The summed E-state index contributed by atoms with van der Waals surface area (Å²) in [6.07, 6.45) is 1.30. The molecule has 0 heterocycles. The Balaban J connectivity index is 0. The number of hydrogen-bond acceptors (Lipinski definition) is 2. The van der Waals surface area contributed by atoms with Gasteiger partial charge < -0.3 is 0 Å². The zero-order valence-electron chi connectivity index (χ0n) is 9.71. The van der Waals surface area contributed by atoms with Gasteiger partial charge >= 0.3 is 98.6 Å². The summed E-state index contributed by atoms with van der Waals surface area (Å²) in [7, 11) is -5.56. The normalized spacial score (nSPS) is 11.8. The van der Waals surface area contributed by atoms with Crippen LogP contribution in [-0.2, 0) is 16.6 Å². The van der Waals surface area contributed by atoms with E-state index >= 15 is 0 Å². The molecule has 0 fully saturated rings. The SMILES string of the molecule is C[PH](C)(C)Cc1ccccc1.O=S(=O)(O)O.[LiH]. The second-order valence-corrected chi connectivity index (χ2v) is 11.0. The third-order valence-electron chi connectivity index (χ3n) is 1.58. The summed E-state index contributed by atoms with van der Waals surface area (Å²) in [6.45, 7) is 7.21. The van der Waals surface area contributed by atoms with Crippen molar-refractivity contribution in [1.29, 1.82) is 0 Å². The van der Waals surface area contributed by atoms with Gasteiger partial charge in [-0.3, -0.25) is 9.11 Å². The topological polar surface area (TPSA) is 74.6 Å². The van der Waals surface area contributed by atoms with Crippen molar-refractivity contribution < 1.29 is 17.5 Å². The summed E-state index contributed by atoms with van der Waals surface area (Å²) in [5.41, 5.74) is 1.49. The second kappa shape index (κ2) is 8.26. The average molecular weight is 274 g/mol. The summed E-state index contributed by atoms with van der Waals surface area (Å²) in [6, 6.07) is 10.8. The first kappa shape index (κ1) is 19.5. The van der Waals surface area contributed by atoms with Crippen molar-refractivity contribution in [3.8, 4) is 0 Å². The van der Waals surface area contributed by atoms with Crippen molar-refractivity contribution in [2.75, 3.05) is 20.0 Å². The third-order valence-corrected chi connectivity index (χ3v) is 3.05. The standard InChI is InChI=1S/C10H17P.Li.H2O4S.H/c1-11(2,3)9-10-7-5-4-6-8-10;;1-5(2,3)4;/h4-8,11H,9H2,1-3H3;;(H2,1,2,3,4);. The Kier molecular flexibility index (Phi) is 9.45. The Morgan fingerprint density at radius 2 is 1.41 bits per heavy atom. The molecule has 0 radical (unpaired) electrons. The summed E-state index contributed by atoms with van der Waals surface area (Å²) in [5, 5.41) is 0. The number of hydrogen-bond donors (Lipinski definition) is 2. The van der Waals surface area contributed by atoms with E-state index in [4.69, 9.17) is 17.5 Å². The number of benzene rings is 1. The van der Waals surface area contributed by atoms with Crippen LogP contribution >= 0.6 is 7.26 Å². The molecule has 1 rings (SSSR count). The Labute approximate surface area is 116 Å². The van der Waals surface area contributed by atoms with Crippen molar-refractivity contribution in [1.82, 2.24) is 0 Å². The van der Waals surface area contributed by atoms with Crippen LogP contribution in [0.15, 0.2) is 30.3 Å². The molecular weight excluding hydrogens is 254 g/mol. The molecule has 96 valence electrons. The van der Waals surface area contributed by atoms with Gasteiger partial charge in [0.1, 0.15) is 0 Å². The fourth-order valence-electron chi connectivity index (χ4n) is 1.21. The van der Waals surface area contributed by atoms with E-state index in [1.165, 1.54) is 11.7 Å². The van der Waals surface area contributed by atoms with Gasteiger partial charge in [-0.05, 0) is 0 Å². The van der Waals surface area contributed by atoms with Gasteiger partial charge in [0.25, 0.3) is 0 Å². The van der Waals surface area contributed by atoms with Crippen LogP contribution in [0.1, 0.15) is 5.56 Å². The molecule has 0 spiro atoms. The van der Waals surface area contributed by atoms with E-state index in [0.717, 1.165) is 0 Å². The third kappa shape index (κ3) is 18.7. The van der Waals surface area contributed by atoms with Gasteiger partial charge in [-0.2, -0.15) is 8.42 Å². The van der Waals surface area contributed by atoms with Gasteiger partial charge in [0.2, 0.25) is 0 Å². The molecule has 1 aromatic carbocycles. The fraction of sp³-hybridized carbons (Fsp3) is 0.400. The van der Waals surface area contributed by atoms with Crippen molar-refractivity contribution >= 4 is 36.5 Å². The van der Waals surface area contributed by atoms with Crippen LogP contribution in [0.3, 0.4) is 0 Å². The molecule has 0 atom stereocenters. The van der Waals surface area contributed by atoms with Gasteiger partial charge in [0.15, 0.2) is 0 Å². The fourth-order valence-corrected chi connectivity index (χ4v) is 2.67. The molecule has 0 saturated heterocycles. The zero-order chi connectivity index (χ0) is 12.8. The van der Waals surface area contributed by atoms with Gasteiger partial charge in [0.05, 0.1) is 0 Å². The predicted octanol–water partition coefficient (Wildman–Crippen LogP) is 1.52. The van der Waals surface area contributed by atoms with Crippen LogP contribution in [0, 0.1) is 0 Å². The van der Waals surface area contributed by atoms with Gasteiger partial charge in [-0.25, -0.2) is 0 Å². The molecule has 0 unspecified atom stereocenters. The monoisotopic (exact) mass is 274 g/mol. The van der Waals surface area contributed by atoms with Crippen LogP contribution in [0.2, 0.25) is 0 Å². The van der Waals surface area contributed by atoms with Crippen LogP contribution in [-0.4, -0.2) is 56.4 Å². The van der Waals surface area contributed by atoms with E-state index in [2.05, 4.69) is 50.3 Å². The minimum absolute atomic E-state index is 0. The van der Waals surface area contributed by atoms with Crippen LogP contribution in [0.5, 0.6) is 0 Å². The first-order chi connectivity index (χ1) is 7.08. The van der Waals surface area contributed by atoms with Gasteiger partial charge in [-0.1, -0.05) is 0 Å². The molecule has 7 heteroatoms. The Morgan fingerprint density at radius 1 is 1.06 bits per heavy atom. The van der Waals surface area contributed by atoms with Crippen molar-refractivity contribution in [3.63, 3.8) is 0 Å². The summed E-state index contributed by atoms with van der Waals surface area (Å²) < 4.78 is 31.6. The predicted molar refractivity (Wildman–Crippen MR) is 77.6 cm³/mol. The van der Waals surface area contributed by atoms with Gasteiger partial charge in [0, 0.05) is 0 Å². The van der Waals surface area contributed by atoms with Crippen molar-refractivity contribution in [2.24, 2.45) is 0 Å². The molecule has 0 amide bonds. The first-order valence-electron chi connectivity index (χ1n) is 4.82. The maximum atomic E-state index is 8.74. The quantitative estimate of drug-likeness (QED) is 0.487. The van der Waals surface area contributed by atoms with Crippen molar-refractivity contribution in [2.45, 2.75) is 6.16 Å². The van der Waals surface area contributed by atoms with E-state index in [-0.39, 0.29) is 18.9 Å². The molecule has 0 aliphatic heterocycles. The van der Waals surface area contributed by atoms with E-state index < -0.39 is 17.7 Å². The van der Waals surface area contributed by atoms with E-state index in [1.807, 2.05) is 0 Å². The molecule has 0 saturated carbocycles. The first-order valence-corrected chi connectivity index (χ1v) is 9.92. The molecule has 2 N–H and O–H groups in total. The maximum absolute atomic E-state index is 8.74. The molecular formula is C10H20LiO4PS. The Morgan fingerprint density at radius 3 is 1.71 bits per heavy atom. The minimum atomic E-state index is -4.67. The summed E-state index contributed by atoms with van der Waals surface area (Å²) in [4.78, 5) is 0. The Hall–Kier alpha value is 0.117. The molecule has 1 aromatic rings. The second-order valence-electron chi connectivity index (χ2n) is 4.67. The summed E-state index contributed by atoms with van der Waals surface area (Å²) in [5.74, 6) is 0. The molecule has 0 aromatic heterocycles. The molecule has 0 aliphatic carbocycles. The van der Waals surface area contributed by atoms with E-state index in [1.54, 1.807) is 0 Å². The van der Waals surface area contributed by atoms with E-state index in [9.17, 15) is 0 Å². The Bertz CT molecular complexity index is 392.